The van der Waals surface area contributed by atoms with E-state index in [9.17, 15) is 0 Å². The van der Waals surface area contributed by atoms with Crippen molar-refractivity contribution in [1.29, 1.82) is 0 Å². The molecule has 0 heterocycles. The van der Waals surface area contributed by atoms with Crippen LogP contribution in [0.1, 0.15) is 30.5 Å². The third-order valence-electron chi connectivity index (χ3n) is 5.90. The van der Waals surface area contributed by atoms with E-state index in [0.29, 0.717) is 5.54 Å². The molecule has 28 heavy (non-hydrogen) atoms. The quantitative estimate of drug-likeness (QED) is 0.266. The number of hydrogen-bond acceptors (Lipinski definition) is 0. The summed E-state index contributed by atoms with van der Waals surface area (Å²) in [7, 11) is 13.2. The second kappa shape index (κ2) is 9.98. The standard InChI is InChI=1S/C23H23Si.3ClH.Ti/c1-3-24(4-2,18-12-6-5-7-13-18)23-21-16-10-8-14-19(21)20-15-9-11-17-22(20)23;;;;/h5-16,23H,3-4H2,1-2H3;3*1H;/q-1;;;;+4/p-3. The zero-order valence-electron chi connectivity index (χ0n) is 16.1. The molecule has 0 radical (unpaired) electrons. The van der Waals surface area contributed by atoms with Crippen LogP contribution in [0.25, 0.3) is 11.1 Å². The van der Waals surface area contributed by atoms with Crippen molar-refractivity contribution in [3.8, 4) is 11.1 Å². The van der Waals surface area contributed by atoms with Crippen LogP contribution in [0.3, 0.4) is 0 Å². The van der Waals surface area contributed by atoms with E-state index in [-0.39, 0.29) is 0 Å². The molecule has 4 rings (SSSR count). The molecule has 0 aliphatic heterocycles. The molecule has 1 aliphatic rings. The first-order valence-electron chi connectivity index (χ1n) is 9.54. The molecular formula is C23H23Cl3SiTi. The number of rotatable bonds is 4. The number of benzene rings is 3. The molecule has 3 aromatic rings. The fourth-order valence-corrected chi connectivity index (χ4v) is 9.61. The van der Waals surface area contributed by atoms with Crippen LogP contribution in [0, 0.1) is 6.07 Å². The second-order valence-electron chi connectivity index (χ2n) is 6.96. The van der Waals surface area contributed by atoms with E-state index in [1.807, 2.05) is 0 Å². The Morgan fingerprint density at radius 1 is 0.821 bits per heavy atom. The van der Waals surface area contributed by atoms with Crippen LogP contribution in [-0.4, -0.2) is 8.07 Å². The van der Waals surface area contributed by atoms with Crippen molar-refractivity contribution in [2.75, 3.05) is 0 Å². The Labute approximate surface area is 187 Å². The summed E-state index contributed by atoms with van der Waals surface area (Å²) in [5.41, 5.74) is 6.28. The normalized spacial score (nSPS) is 14.5. The van der Waals surface area contributed by atoms with Gasteiger partial charge in [-0.2, -0.15) is 24.3 Å². The van der Waals surface area contributed by atoms with E-state index in [1.165, 1.54) is 34.3 Å². The van der Waals surface area contributed by atoms with Gasteiger partial charge >= 0.3 is 42.6 Å². The van der Waals surface area contributed by atoms with Crippen molar-refractivity contribution in [3.63, 3.8) is 0 Å². The summed E-state index contributed by atoms with van der Waals surface area (Å²) >= 11 is -1.92. The summed E-state index contributed by atoms with van der Waals surface area (Å²) in [5, 5.41) is 1.58. The van der Waals surface area contributed by atoms with Gasteiger partial charge in [0.1, 0.15) is 0 Å². The fourth-order valence-electron chi connectivity index (χ4n) is 4.65. The Balaban J connectivity index is 0.000000516. The second-order valence-corrected chi connectivity index (χ2v) is 19.6. The molecule has 0 saturated heterocycles. The summed E-state index contributed by atoms with van der Waals surface area (Å²) in [4.78, 5) is 0. The van der Waals surface area contributed by atoms with E-state index in [2.05, 4.69) is 92.7 Å². The van der Waals surface area contributed by atoms with Gasteiger partial charge in [0.05, 0.1) is 8.07 Å². The molecule has 3 aromatic carbocycles. The molecule has 1 aliphatic carbocycles. The van der Waals surface area contributed by atoms with Gasteiger partial charge in [-0.3, -0.25) is 0 Å². The fraction of sp³-hybridized carbons (Fsp3) is 0.217. The van der Waals surface area contributed by atoms with Crippen molar-refractivity contribution in [2.24, 2.45) is 0 Å². The van der Waals surface area contributed by atoms with Gasteiger partial charge in [-0.15, -0.1) is 11.1 Å². The molecule has 0 aromatic heterocycles. The molecule has 144 valence electrons. The SMILES string of the molecule is CC[Si](CC)(c1ccccc1)C1c2[c-]cccc2-c2ccccc21.[Cl][Ti+]([Cl])[Cl]. The minimum absolute atomic E-state index is 0.516. The maximum absolute atomic E-state index is 4.97. The van der Waals surface area contributed by atoms with E-state index in [4.69, 9.17) is 27.9 Å². The van der Waals surface area contributed by atoms with Crippen molar-refractivity contribution in [1.82, 2.24) is 0 Å². The van der Waals surface area contributed by atoms with Crippen LogP contribution in [0.4, 0.5) is 0 Å². The first-order chi connectivity index (χ1) is 13.5. The van der Waals surface area contributed by atoms with E-state index < -0.39 is 22.8 Å². The molecule has 5 heteroatoms. The van der Waals surface area contributed by atoms with E-state index >= 15 is 0 Å². The van der Waals surface area contributed by atoms with E-state index in [1.54, 1.807) is 5.19 Å². The molecule has 0 saturated carbocycles. The van der Waals surface area contributed by atoms with Crippen LogP contribution in [0.2, 0.25) is 12.1 Å². The molecule has 0 bridgehead atoms. The predicted molar refractivity (Wildman–Crippen MR) is 123 cm³/mol. The number of hydrogen-bond donors (Lipinski definition) is 0. The predicted octanol–water partition coefficient (Wildman–Crippen LogP) is 7.60. The Morgan fingerprint density at radius 3 is 2.04 bits per heavy atom. The van der Waals surface area contributed by atoms with Crippen molar-refractivity contribution in [3.05, 3.63) is 90.0 Å². The Morgan fingerprint density at radius 2 is 1.39 bits per heavy atom. The summed E-state index contributed by atoms with van der Waals surface area (Å²) in [6.07, 6.45) is 0. The van der Waals surface area contributed by atoms with Gasteiger partial charge < -0.3 is 0 Å². The molecule has 1 atom stereocenters. The van der Waals surface area contributed by atoms with Gasteiger partial charge in [0.15, 0.2) is 0 Å². The summed E-state index contributed by atoms with van der Waals surface area (Å²) in [5.74, 6) is 0. The summed E-state index contributed by atoms with van der Waals surface area (Å²) < 4.78 is 0. The van der Waals surface area contributed by atoms with Gasteiger partial charge in [-0.25, -0.2) is 0 Å². The summed E-state index contributed by atoms with van der Waals surface area (Å²) in [6.45, 7) is 4.79. The van der Waals surface area contributed by atoms with Gasteiger partial charge in [0, 0.05) is 0 Å². The van der Waals surface area contributed by atoms with Crippen LogP contribution >= 0.6 is 27.9 Å². The first kappa shape index (κ1) is 22.2. The summed E-state index contributed by atoms with van der Waals surface area (Å²) in [6, 6.07) is 32.9. The molecule has 1 unspecified atom stereocenters. The number of fused-ring (bicyclic) bond motifs is 3. The van der Waals surface area contributed by atoms with Gasteiger partial charge in [-0.05, 0) is 11.1 Å². The Bertz CT molecular complexity index is 862. The maximum atomic E-state index is 4.97. The third kappa shape index (κ3) is 4.31. The van der Waals surface area contributed by atoms with Crippen LogP contribution in [0.5, 0.6) is 0 Å². The van der Waals surface area contributed by atoms with Gasteiger partial charge in [-0.1, -0.05) is 91.3 Å². The molecular weight excluding hydrogens is 459 g/mol. The molecule has 0 fully saturated rings. The molecule has 0 nitrogen and oxygen atoms in total. The average molecular weight is 482 g/mol. The van der Waals surface area contributed by atoms with E-state index in [0.717, 1.165) is 0 Å². The van der Waals surface area contributed by atoms with Crippen LogP contribution in [-0.2, 0) is 14.7 Å². The van der Waals surface area contributed by atoms with Gasteiger partial charge in [0.2, 0.25) is 0 Å². The average Bonchev–Trinajstić information content (AvgIpc) is 3.05. The third-order valence-corrected chi connectivity index (χ3v) is 11.6. The number of halogens is 3. The molecule has 0 spiro atoms. The zero-order chi connectivity index (χ0) is 20.1. The minimum atomic E-state index is -1.92. The van der Waals surface area contributed by atoms with Crippen LogP contribution < -0.4 is 5.19 Å². The topological polar surface area (TPSA) is 0 Å². The van der Waals surface area contributed by atoms with Gasteiger partial charge in [0.25, 0.3) is 0 Å². The van der Waals surface area contributed by atoms with Crippen LogP contribution in [0.15, 0.2) is 72.8 Å². The molecule has 0 N–H and O–H groups in total. The van der Waals surface area contributed by atoms with Crippen molar-refractivity contribution in [2.45, 2.75) is 31.5 Å². The monoisotopic (exact) mass is 480 g/mol. The molecule has 0 amide bonds. The van der Waals surface area contributed by atoms with Crippen molar-refractivity contribution >= 4 is 41.2 Å². The van der Waals surface area contributed by atoms with Crippen molar-refractivity contribution < 1.29 is 14.7 Å². The first-order valence-corrected chi connectivity index (χ1v) is 18.5. The zero-order valence-corrected chi connectivity index (χ0v) is 20.9. The Hall–Kier alpha value is -0.539. The Kier molecular flexibility index (Phi) is 7.90.